The maximum Gasteiger partial charge on any atom is 0.317 e. The lowest BCUT2D eigenvalue weighted by Gasteiger charge is -2.21. The summed E-state index contributed by atoms with van der Waals surface area (Å²) in [4.78, 5) is 20.1. The van der Waals surface area contributed by atoms with Gasteiger partial charge >= 0.3 is 6.03 Å². The highest BCUT2D eigenvalue weighted by molar-refractivity contribution is 5.74. The number of hydrogen-bond acceptors (Lipinski definition) is 3. The van der Waals surface area contributed by atoms with Crippen molar-refractivity contribution in [3.05, 3.63) is 4.91 Å². The fourth-order valence-corrected chi connectivity index (χ4v) is 0.502. The molecule has 0 spiro atoms. The van der Waals surface area contributed by atoms with Crippen LogP contribution in [0.25, 0.3) is 0 Å². The van der Waals surface area contributed by atoms with Crippen molar-refractivity contribution in [2.45, 2.75) is 0 Å². The summed E-state index contributed by atoms with van der Waals surface area (Å²) < 4.78 is 0. The van der Waals surface area contributed by atoms with E-state index in [-0.39, 0.29) is 19.4 Å². The van der Waals surface area contributed by atoms with E-state index in [0.717, 1.165) is 5.01 Å². The van der Waals surface area contributed by atoms with Gasteiger partial charge in [-0.1, -0.05) is 0 Å². The van der Waals surface area contributed by atoms with E-state index in [9.17, 15) is 9.70 Å². The molecule has 1 aliphatic heterocycles. The molecule has 50 valence electrons. The molecule has 2 N–H and O–H groups in total. The molecule has 0 aromatic heterocycles. The van der Waals surface area contributed by atoms with Crippen molar-refractivity contribution >= 4 is 6.03 Å². The number of hydrogen-bond donors (Lipinski definition) is 2. The van der Waals surface area contributed by atoms with E-state index in [0.29, 0.717) is 0 Å². The predicted molar refractivity (Wildman–Crippen MR) is 29.0 cm³/mol. The van der Waals surface area contributed by atoms with Crippen molar-refractivity contribution in [1.29, 1.82) is 0 Å². The van der Waals surface area contributed by atoms with Crippen LogP contribution in [0.15, 0.2) is 5.29 Å². The first-order valence-corrected chi connectivity index (χ1v) is 2.43. The summed E-state index contributed by atoms with van der Waals surface area (Å²) in [6.45, 7) is 0.380. The number of nitrogens with zero attached hydrogens (tertiary/aromatic N) is 2. The van der Waals surface area contributed by atoms with Gasteiger partial charge in [0, 0.05) is 0 Å². The van der Waals surface area contributed by atoms with Crippen LogP contribution >= 0.6 is 0 Å². The van der Waals surface area contributed by atoms with Gasteiger partial charge in [-0.05, 0) is 0 Å². The smallest absolute Gasteiger partial charge is 0.317 e. The summed E-state index contributed by atoms with van der Waals surface area (Å²) in [7, 11) is 0. The maximum absolute atomic E-state index is 10.3. The highest BCUT2D eigenvalue weighted by Gasteiger charge is 2.11. The van der Waals surface area contributed by atoms with Gasteiger partial charge in [-0.15, -0.1) is 4.91 Å². The Morgan fingerprint density at radius 1 is 1.44 bits per heavy atom. The van der Waals surface area contributed by atoms with E-state index in [4.69, 9.17) is 0 Å². The number of rotatable bonds is 1. The molecule has 0 saturated carbocycles. The first-order valence-electron chi connectivity index (χ1n) is 2.43. The largest absolute Gasteiger partial charge is 0.319 e. The second kappa shape index (κ2) is 2.29. The third-order valence-electron chi connectivity index (χ3n) is 0.960. The third kappa shape index (κ3) is 1.28. The summed E-state index contributed by atoms with van der Waals surface area (Å²) in [6.07, 6.45) is 0. The van der Waals surface area contributed by atoms with Gasteiger partial charge in [0.1, 0.15) is 13.3 Å². The van der Waals surface area contributed by atoms with Crippen LogP contribution in [0.2, 0.25) is 0 Å². The quantitative estimate of drug-likeness (QED) is 0.456. The van der Waals surface area contributed by atoms with E-state index in [1.807, 2.05) is 0 Å². The van der Waals surface area contributed by atoms with Crippen LogP contribution in [0, 0.1) is 4.91 Å². The van der Waals surface area contributed by atoms with Crippen LogP contribution in [-0.4, -0.2) is 24.4 Å². The van der Waals surface area contributed by atoms with Crippen LogP contribution in [-0.2, 0) is 0 Å². The normalized spacial score (nSPS) is 18.2. The van der Waals surface area contributed by atoms with Gasteiger partial charge in [-0.25, -0.2) is 9.80 Å². The Labute approximate surface area is 51.1 Å². The Morgan fingerprint density at radius 3 is 2.44 bits per heavy atom. The molecule has 1 rings (SSSR count). The lowest BCUT2D eigenvalue weighted by Crippen LogP contribution is -2.51. The first kappa shape index (κ1) is 5.80. The highest BCUT2D eigenvalue weighted by atomic mass is 16.3. The fourth-order valence-electron chi connectivity index (χ4n) is 0.502. The summed E-state index contributed by atoms with van der Waals surface area (Å²) in [5, 5.41) is 8.47. The Hall–Kier alpha value is -1.33. The average molecular weight is 130 g/mol. The fraction of sp³-hybridized carbons (Fsp3) is 0.667. The Kier molecular flexibility index (Phi) is 1.48. The molecular weight excluding hydrogens is 124 g/mol. The Morgan fingerprint density at radius 2 is 2.00 bits per heavy atom. The maximum atomic E-state index is 10.3. The van der Waals surface area contributed by atoms with Gasteiger partial charge in [0.2, 0.25) is 0 Å². The molecule has 1 fully saturated rings. The number of urea groups is 1. The lowest BCUT2D eigenvalue weighted by atomic mass is 10.7. The van der Waals surface area contributed by atoms with Crippen LogP contribution in [0.1, 0.15) is 0 Å². The standard InChI is InChI=1S/C3H6N4O2/c8-3-4-1-7(6-9)2-5-3/h1-2H2,(H2,4,5,8). The van der Waals surface area contributed by atoms with Crippen LogP contribution < -0.4 is 10.6 Å². The van der Waals surface area contributed by atoms with Crippen molar-refractivity contribution < 1.29 is 4.79 Å². The molecule has 0 bridgehead atoms. The molecule has 0 radical (unpaired) electrons. The molecule has 2 amide bonds. The molecule has 1 heterocycles. The third-order valence-corrected chi connectivity index (χ3v) is 0.960. The zero-order valence-electron chi connectivity index (χ0n) is 4.63. The van der Waals surface area contributed by atoms with Crippen LogP contribution in [0.3, 0.4) is 0 Å². The van der Waals surface area contributed by atoms with Gasteiger partial charge in [0.15, 0.2) is 0 Å². The van der Waals surface area contributed by atoms with Crippen LogP contribution in [0.5, 0.6) is 0 Å². The van der Waals surface area contributed by atoms with Gasteiger partial charge in [0.05, 0.1) is 5.29 Å². The SMILES string of the molecule is O=NN1CNC(=O)NC1. The minimum Gasteiger partial charge on any atom is -0.319 e. The van der Waals surface area contributed by atoms with E-state index in [1.165, 1.54) is 0 Å². The van der Waals surface area contributed by atoms with Crippen molar-refractivity contribution in [2.24, 2.45) is 5.29 Å². The van der Waals surface area contributed by atoms with Crippen molar-refractivity contribution in [3.8, 4) is 0 Å². The van der Waals surface area contributed by atoms with Crippen LogP contribution in [0.4, 0.5) is 4.79 Å². The molecule has 0 unspecified atom stereocenters. The molecular formula is C3H6N4O2. The van der Waals surface area contributed by atoms with E-state index in [1.54, 1.807) is 0 Å². The number of nitroso groups, excluding NO2 is 1. The topological polar surface area (TPSA) is 73.8 Å². The Balaban J connectivity index is 2.34. The molecule has 0 aromatic rings. The molecule has 9 heavy (non-hydrogen) atoms. The number of carbonyl (C=O) groups is 1. The van der Waals surface area contributed by atoms with E-state index < -0.39 is 0 Å². The molecule has 1 saturated heterocycles. The van der Waals surface area contributed by atoms with Crippen molar-refractivity contribution in [2.75, 3.05) is 13.3 Å². The zero-order chi connectivity index (χ0) is 6.69. The monoisotopic (exact) mass is 130 g/mol. The summed E-state index contributed by atoms with van der Waals surface area (Å²) in [6, 6.07) is -0.269. The Bertz CT molecular complexity index is 126. The second-order valence-electron chi connectivity index (χ2n) is 1.59. The molecule has 0 aromatic carbocycles. The zero-order valence-corrected chi connectivity index (χ0v) is 4.63. The lowest BCUT2D eigenvalue weighted by molar-refractivity contribution is 0.185. The van der Waals surface area contributed by atoms with Gasteiger partial charge in [-0.2, -0.15) is 0 Å². The predicted octanol–water partition coefficient (Wildman–Crippen LogP) is -0.802. The molecule has 6 heteroatoms. The molecule has 0 atom stereocenters. The minimum atomic E-state index is -0.269. The number of carbonyl (C=O) groups excluding carboxylic acids is 1. The van der Waals surface area contributed by atoms with Gasteiger partial charge in [-0.3, -0.25) is 0 Å². The highest BCUT2D eigenvalue weighted by Crippen LogP contribution is 1.86. The van der Waals surface area contributed by atoms with E-state index >= 15 is 0 Å². The molecule has 0 aliphatic carbocycles. The number of amides is 2. The summed E-state index contributed by atoms with van der Waals surface area (Å²) in [5.74, 6) is 0. The van der Waals surface area contributed by atoms with Gasteiger partial charge in [0.25, 0.3) is 0 Å². The molecule has 6 nitrogen and oxygen atoms in total. The summed E-state index contributed by atoms with van der Waals surface area (Å²) >= 11 is 0. The molecule has 1 aliphatic rings. The average Bonchev–Trinajstić information content (AvgIpc) is 1.90. The minimum absolute atomic E-state index is 0.190. The second-order valence-corrected chi connectivity index (χ2v) is 1.59. The van der Waals surface area contributed by atoms with Gasteiger partial charge < -0.3 is 10.6 Å². The van der Waals surface area contributed by atoms with Crippen molar-refractivity contribution in [3.63, 3.8) is 0 Å². The van der Waals surface area contributed by atoms with Crippen molar-refractivity contribution in [1.82, 2.24) is 15.6 Å². The first-order chi connectivity index (χ1) is 4.33. The summed E-state index contributed by atoms with van der Waals surface area (Å²) in [5.41, 5.74) is 0. The van der Waals surface area contributed by atoms with E-state index in [2.05, 4.69) is 15.9 Å². The number of nitrogens with one attached hydrogen (secondary N) is 2.